The van der Waals surface area contributed by atoms with Crippen molar-refractivity contribution in [2.24, 2.45) is 0 Å². The fourth-order valence-corrected chi connectivity index (χ4v) is 4.22. The molecule has 0 aliphatic carbocycles. The van der Waals surface area contributed by atoms with Crippen molar-refractivity contribution in [1.29, 1.82) is 0 Å². The van der Waals surface area contributed by atoms with E-state index in [0.717, 1.165) is 23.5 Å². The van der Waals surface area contributed by atoms with Crippen LogP contribution in [-0.2, 0) is 19.6 Å². The van der Waals surface area contributed by atoms with E-state index in [4.69, 9.17) is 0 Å². The Labute approximate surface area is 129 Å². The Hall–Kier alpha value is -1.03. The number of hydrogen-bond donors (Lipinski definition) is 1. The molecule has 0 bridgehead atoms. The lowest BCUT2D eigenvalue weighted by Crippen LogP contribution is -2.41. The van der Waals surface area contributed by atoms with Crippen LogP contribution in [0.15, 0.2) is 27.6 Å². The van der Waals surface area contributed by atoms with Gasteiger partial charge >= 0.3 is 5.97 Å². The number of carbonyl (C=O) groups excluding carboxylic acids is 1. The molecule has 0 spiro atoms. The Morgan fingerprint density at radius 1 is 1.52 bits per heavy atom. The number of methoxy groups -OCH3 is 1. The van der Waals surface area contributed by atoms with Gasteiger partial charge in [-0.25, -0.2) is 12.8 Å². The molecule has 2 unspecified atom stereocenters. The highest BCUT2D eigenvalue weighted by molar-refractivity contribution is 9.10. The van der Waals surface area contributed by atoms with Gasteiger partial charge in [-0.1, -0.05) is 15.9 Å². The first-order valence-electron chi connectivity index (χ1n) is 6.00. The molecule has 0 radical (unpaired) electrons. The summed E-state index contributed by atoms with van der Waals surface area (Å²) in [6, 6.07) is 2.36. The number of aliphatic hydroxyl groups excluding tert-OH is 1. The molecular formula is C12H13BrFNO5S. The molecule has 21 heavy (non-hydrogen) atoms. The van der Waals surface area contributed by atoms with Gasteiger partial charge in [-0.3, -0.25) is 4.79 Å². The van der Waals surface area contributed by atoms with Gasteiger partial charge in [0.2, 0.25) is 10.0 Å². The summed E-state index contributed by atoms with van der Waals surface area (Å²) >= 11 is 3.04. The molecule has 116 valence electrons. The zero-order valence-corrected chi connectivity index (χ0v) is 13.4. The SMILES string of the molecule is COC(=O)C1CC(O)CN1S(=O)(=O)c1ccc(Br)cc1F. The summed E-state index contributed by atoms with van der Waals surface area (Å²) < 4.78 is 44.6. The molecule has 1 aliphatic heterocycles. The van der Waals surface area contributed by atoms with Crippen molar-refractivity contribution in [3.8, 4) is 0 Å². The molecule has 1 saturated heterocycles. The van der Waals surface area contributed by atoms with Gasteiger partial charge in [0.05, 0.1) is 13.2 Å². The minimum Gasteiger partial charge on any atom is -0.468 e. The minimum absolute atomic E-state index is 0.0793. The number of rotatable bonds is 3. The van der Waals surface area contributed by atoms with Gasteiger partial charge < -0.3 is 9.84 Å². The maximum absolute atomic E-state index is 13.9. The topological polar surface area (TPSA) is 83.9 Å². The third-order valence-electron chi connectivity index (χ3n) is 3.19. The standard InChI is InChI=1S/C12H13BrFNO5S/c1-20-12(17)10-5-8(16)6-15(10)21(18,19)11-3-2-7(13)4-9(11)14/h2-4,8,10,16H,5-6H2,1H3. The van der Waals surface area contributed by atoms with Crippen LogP contribution in [0.5, 0.6) is 0 Å². The molecule has 1 aromatic rings. The van der Waals surface area contributed by atoms with E-state index >= 15 is 0 Å². The molecule has 2 atom stereocenters. The van der Waals surface area contributed by atoms with Crippen molar-refractivity contribution in [1.82, 2.24) is 4.31 Å². The third kappa shape index (κ3) is 3.10. The second-order valence-electron chi connectivity index (χ2n) is 4.58. The third-order valence-corrected chi connectivity index (χ3v) is 5.59. The lowest BCUT2D eigenvalue weighted by Gasteiger charge is -2.22. The predicted octanol–water partition coefficient (Wildman–Crippen LogP) is 0.885. The summed E-state index contributed by atoms with van der Waals surface area (Å²) in [5.74, 6) is -1.72. The van der Waals surface area contributed by atoms with Crippen molar-refractivity contribution in [2.45, 2.75) is 23.5 Å². The van der Waals surface area contributed by atoms with E-state index in [-0.39, 0.29) is 13.0 Å². The molecule has 0 aromatic heterocycles. The monoisotopic (exact) mass is 381 g/mol. The van der Waals surface area contributed by atoms with Crippen LogP contribution in [0.3, 0.4) is 0 Å². The number of esters is 1. The van der Waals surface area contributed by atoms with E-state index in [1.54, 1.807) is 0 Å². The molecule has 1 aliphatic rings. The van der Waals surface area contributed by atoms with E-state index in [2.05, 4.69) is 20.7 Å². The number of halogens is 2. The van der Waals surface area contributed by atoms with Crippen LogP contribution in [0.2, 0.25) is 0 Å². The quantitative estimate of drug-likeness (QED) is 0.785. The number of hydrogen-bond acceptors (Lipinski definition) is 5. The molecule has 2 rings (SSSR count). The number of sulfonamides is 1. The van der Waals surface area contributed by atoms with Crippen LogP contribution in [0, 0.1) is 5.82 Å². The number of benzene rings is 1. The zero-order valence-electron chi connectivity index (χ0n) is 11.0. The van der Waals surface area contributed by atoms with Gasteiger partial charge in [0.25, 0.3) is 0 Å². The van der Waals surface area contributed by atoms with Crippen molar-refractivity contribution < 1.29 is 27.4 Å². The molecular weight excluding hydrogens is 369 g/mol. The van der Waals surface area contributed by atoms with Crippen LogP contribution >= 0.6 is 15.9 Å². The molecule has 1 aromatic carbocycles. The Balaban J connectivity index is 2.44. The van der Waals surface area contributed by atoms with Gasteiger partial charge in [0.1, 0.15) is 16.8 Å². The van der Waals surface area contributed by atoms with Crippen LogP contribution < -0.4 is 0 Å². The number of nitrogens with zero attached hydrogens (tertiary/aromatic N) is 1. The summed E-state index contributed by atoms with van der Waals surface area (Å²) in [5.41, 5.74) is 0. The van der Waals surface area contributed by atoms with Gasteiger partial charge in [-0.2, -0.15) is 4.31 Å². The van der Waals surface area contributed by atoms with Gasteiger partial charge in [0, 0.05) is 17.4 Å². The van der Waals surface area contributed by atoms with Crippen LogP contribution in [0.1, 0.15) is 6.42 Å². The number of ether oxygens (including phenoxy) is 1. The maximum Gasteiger partial charge on any atom is 0.324 e. The van der Waals surface area contributed by atoms with Gasteiger partial charge in [-0.05, 0) is 18.2 Å². The Bertz CT molecular complexity index is 666. The number of carbonyl (C=O) groups is 1. The Kier molecular flexibility index (Phi) is 4.66. The molecule has 1 heterocycles. The summed E-state index contributed by atoms with van der Waals surface area (Å²) in [4.78, 5) is 11.1. The number of aliphatic hydroxyl groups is 1. The van der Waals surface area contributed by atoms with Crippen molar-refractivity contribution in [3.05, 3.63) is 28.5 Å². The van der Waals surface area contributed by atoms with E-state index in [9.17, 15) is 22.7 Å². The summed E-state index contributed by atoms with van der Waals surface area (Å²) in [6.45, 7) is -0.280. The highest BCUT2D eigenvalue weighted by Crippen LogP contribution is 2.29. The average molecular weight is 382 g/mol. The largest absolute Gasteiger partial charge is 0.468 e. The number of β-amino-alcohol motifs (C(OH)–C–C–N with tert-alkyl or cyclic N) is 1. The maximum atomic E-state index is 13.9. The van der Waals surface area contributed by atoms with E-state index < -0.39 is 38.9 Å². The lowest BCUT2D eigenvalue weighted by molar-refractivity contribution is -0.144. The van der Waals surface area contributed by atoms with Gasteiger partial charge in [-0.15, -0.1) is 0 Å². The second-order valence-corrected chi connectivity index (χ2v) is 7.35. The average Bonchev–Trinajstić information content (AvgIpc) is 2.80. The Morgan fingerprint density at radius 2 is 2.19 bits per heavy atom. The molecule has 1 fully saturated rings. The van der Waals surface area contributed by atoms with E-state index in [1.807, 2.05) is 0 Å². The predicted molar refractivity (Wildman–Crippen MR) is 74.4 cm³/mol. The fourth-order valence-electron chi connectivity index (χ4n) is 2.21. The second kappa shape index (κ2) is 5.99. The van der Waals surface area contributed by atoms with Crippen molar-refractivity contribution in [2.75, 3.05) is 13.7 Å². The van der Waals surface area contributed by atoms with Crippen LogP contribution in [0.25, 0.3) is 0 Å². The van der Waals surface area contributed by atoms with Gasteiger partial charge in [0.15, 0.2) is 0 Å². The van der Waals surface area contributed by atoms with Crippen molar-refractivity contribution >= 4 is 31.9 Å². The molecule has 6 nitrogen and oxygen atoms in total. The van der Waals surface area contributed by atoms with E-state index in [1.165, 1.54) is 6.07 Å². The highest BCUT2D eigenvalue weighted by Gasteiger charge is 2.44. The normalized spacial score (nSPS) is 23.2. The summed E-state index contributed by atoms with van der Waals surface area (Å²) in [6.07, 6.45) is -1.08. The highest BCUT2D eigenvalue weighted by atomic mass is 79.9. The molecule has 9 heteroatoms. The Morgan fingerprint density at radius 3 is 2.76 bits per heavy atom. The van der Waals surface area contributed by atoms with Crippen molar-refractivity contribution in [3.63, 3.8) is 0 Å². The first-order valence-corrected chi connectivity index (χ1v) is 8.23. The zero-order chi connectivity index (χ0) is 15.8. The fraction of sp³-hybridized carbons (Fsp3) is 0.417. The minimum atomic E-state index is -4.25. The first kappa shape index (κ1) is 16.3. The summed E-state index contributed by atoms with van der Waals surface area (Å²) in [5, 5.41) is 9.62. The first-order chi connectivity index (χ1) is 9.77. The molecule has 0 amide bonds. The summed E-state index contributed by atoms with van der Waals surface area (Å²) in [7, 11) is -3.12. The molecule has 0 saturated carbocycles. The van der Waals surface area contributed by atoms with E-state index in [0.29, 0.717) is 4.47 Å². The molecule has 1 N–H and O–H groups in total. The lowest BCUT2D eigenvalue weighted by atomic mass is 10.2. The van der Waals surface area contributed by atoms with Crippen LogP contribution in [0.4, 0.5) is 4.39 Å². The smallest absolute Gasteiger partial charge is 0.324 e. The van der Waals surface area contributed by atoms with Crippen LogP contribution in [-0.4, -0.2) is 49.6 Å².